The molecule has 0 radical (unpaired) electrons. The summed E-state index contributed by atoms with van der Waals surface area (Å²) < 4.78 is 5.43. The van der Waals surface area contributed by atoms with Crippen molar-refractivity contribution in [2.75, 3.05) is 11.9 Å². The minimum absolute atomic E-state index is 0.184. The first kappa shape index (κ1) is 24.0. The Morgan fingerprint density at radius 3 is 2.17 bits per heavy atom. The fourth-order valence-electron chi connectivity index (χ4n) is 4.94. The van der Waals surface area contributed by atoms with Crippen LogP contribution in [0.3, 0.4) is 0 Å². The third-order valence-corrected chi connectivity index (χ3v) is 7.59. The lowest BCUT2D eigenvalue weighted by molar-refractivity contribution is -0.116. The number of benzene rings is 3. The molecular formula is C31H29NO3S. The molecular weight excluding hydrogens is 466 g/mol. The van der Waals surface area contributed by atoms with Gasteiger partial charge in [0.15, 0.2) is 0 Å². The fraction of sp³-hybridized carbons (Fsp3) is 0.226. The largest absolute Gasteiger partial charge is 0.462 e. The zero-order chi connectivity index (χ0) is 24.9. The van der Waals surface area contributed by atoms with Crippen molar-refractivity contribution >= 4 is 28.2 Å². The van der Waals surface area contributed by atoms with Crippen molar-refractivity contribution in [2.24, 2.45) is 0 Å². The third kappa shape index (κ3) is 4.98. The summed E-state index contributed by atoms with van der Waals surface area (Å²) in [5, 5.41) is 5.55. The van der Waals surface area contributed by atoms with Gasteiger partial charge in [0.05, 0.1) is 12.5 Å². The number of fused-ring (bicyclic) bond motifs is 1. The lowest BCUT2D eigenvalue weighted by Gasteiger charge is -2.18. The van der Waals surface area contributed by atoms with Crippen molar-refractivity contribution in [1.82, 2.24) is 0 Å². The molecule has 0 saturated heterocycles. The van der Waals surface area contributed by atoms with Crippen LogP contribution in [-0.4, -0.2) is 18.5 Å². The fourth-order valence-corrected chi connectivity index (χ4v) is 5.90. The average Bonchev–Trinajstić information content (AvgIpc) is 3.33. The molecule has 182 valence electrons. The van der Waals surface area contributed by atoms with Crippen LogP contribution in [0.5, 0.6) is 0 Å². The Bertz CT molecular complexity index is 1320. The molecule has 1 aliphatic carbocycles. The Hall–Kier alpha value is -3.70. The Morgan fingerprint density at radius 2 is 1.53 bits per heavy atom. The highest BCUT2D eigenvalue weighted by molar-refractivity contribution is 7.15. The van der Waals surface area contributed by atoms with Crippen LogP contribution < -0.4 is 5.32 Å². The lowest BCUT2D eigenvalue weighted by Crippen LogP contribution is -2.23. The van der Waals surface area contributed by atoms with Gasteiger partial charge in [-0.15, -0.1) is 11.3 Å². The predicted molar refractivity (Wildman–Crippen MR) is 146 cm³/mol. The standard InChI is InChI=1S/C31H29NO3S/c1-2-35-31(34)28-26(25-18-17-21-11-9-10-16-24(21)19-25)20-36-30(28)32-29(33)27(22-12-5-3-6-13-22)23-14-7-4-8-15-23/h3-8,12-15,17-20,27H,2,9-11,16H2,1H3,(H,32,33). The van der Waals surface area contributed by atoms with E-state index in [1.807, 2.05) is 66.0 Å². The number of thiophene rings is 1. The zero-order valence-corrected chi connectivity index (χ0v) is 21.1. The summed E-state index contributed by atoms with van der Waals surface area (Å²) in [4.78, 5) is 26.9. The van der Waals surface area contributed by atoms with E-state index in [0.29, 0.717) is 10.6 Å². The van der Waals surface area contributed by atoms with E-state index in [-0.39, 0.29) is 12.5 Å². The van der Waals surface area contributed by atoms with Crippen LogP contribution in [-0.2, 0) is 22.4 Å². The highest BCUT2D eigenvalue weighted by Crippen LogP contribution is 2.39. The van der Waals surface area contributed by atoms with E-state index in [1.165, 1.54) is 35.3 Å². The van der Waals surface area contributed by atoms with Crippen LogP contribution in [0.2, 0.25) is 0 Å². The van der Waals surface area contributed by atoms with Gasteiger partial charge in [0.25, 0.3) is 0 Å². The maximum absolute atomic E-state index is 13.7. The number of anilines is 1. The topological polar surface area (TPSA) is 55.4 Å². The Balaban J connectivity index is 1.52. The third-order valence-electron chi connectivity index (χ3n) is 6.69. The van der Waals surface area contributed by atoms with Gasteiger partial charge in [-0.05, 0) is 60.4 Å². The number of aryl methyl sites for hydroxylation is 2. The van der Waals surface area contributed by atoms with Crippen LogP contribution in [0, 0.1) is 0 Å². The first-order valence-electron chi connectivity index (χ1n) is 12.5. The minimum atomic E-state index is -0.503. The summed E-state index contributed by atoms with van der Waals surface area (Å²) in [6, 6.07) is 25.9. The molecule has 1 heterocycles. The van der Waals surface area contributed by atoms with Crippen LogP contribution >= 0.6 is 11.3 Å². The molecule has 0 fully saturated rings. The van der Waals surface area contributed by atoms with E-state index < -0.39 is 11.9 Å². The van der Waals surface area contributed by atoms with Crippen molar-refractivity contribution in [2.45, 2.75) is 38.5 Å². The SMILES string of the molecule is CCOC(=O)c1c(-c2ccc3c(c2)CCCC3)csc1NC(=O)C(c1ccccc1)c1ccccc1. The van der Waals surface area contributed by atoms with Gasteiger partial charge in [-0.2, -0.15) is 0 Å². The predicted octanol–water partition coefficient (Wildman–Crippen LogP) is 7.24. The molecule has 0 atom stereocenters. The minimum Gasteiger partial charge on any atom is -0.462 e. The number of carbonyl (C=O) groups is 2. The summed E-state index contributed by atoms with van der Waals surface area (Å²) in [6.45, 7) is 2.06. The molecule has 0 spiro atoms. The molecule has 0 saturated carbocycles. The van der Waals surface area contributed by atoms with Crippen molar-refractivity contribution in [3.8, 4) is 11.1 Å². The number of esters is 1. The maximum atomic E-state index is 13.7. The summed E-state index contributed by atoms with van der Waals surface area (Å²) in [6.07, 6.45) is 4.57. The lowest BCUT2D eigenvalue weighted by atomic mass is 9.89. The number of amides is 1. The van der Waals surface area contributed by atoms with Crippen molar-refractivity contribution in [1.29, 1.82) is 0 Å². The summed E-state index contributed by atoms with van der Waals surface area (Å²) >= 11 is 1.37. The number of nitrogens with one attached hydrogen (secondary N) is 1. The molecule has 36 heavy (non-hydrogen) atoms. The van der Waals surface area contributed by atoms with Crippen molar-refractivity contribution in [3.63, 3.8) is 0 Å². The molecule has 1 amide bonds. The van der Waals surface area contributed by atoms with Gasteiger partial charge < -0.3 is 10.1 Å². The first-order chi connectivity index (χ1) is 17.7. The molecule has 1 aliphatic rings. The van der Waals surface area contributed by atoms with Crippen molar-refractivity contribution < 1.29 is 14.3 Å². The van der Waals surface area contributed by atoms with Gasteiger partial charge >= 0.3 is 5.97 Å². The monoisotopic (exact) mass is 495 g/mol. The molecule has 4 nitrogen and oxygen atoms in total. The number of hydrogen-bond acceptors (Lipinski definition) is 4. The molecule has 3 aromatic carbocycles. The first-order valence-corrected chi connectivity index (χ1v) is 13.3. The van der Waals surface area contributed by atoms with E-state index >= 15 is 0 Å². The van der Waals surface area contributed by atoms with Gasteiger partial charge in [-0.1, -0.05) is 78.9 Å². The second-order valence-electron chi connectivity index (χ2n) is 9.01. The number of rotatable bonds is 7. The molecule has 1 N–H and O–H groups in total. The van der Waals surface area contributed by atoms with Gasteiger partial charge in [0.2, 0.25) is 5.91 Å². The van der Waals surface area contributed by atoms with Crippen LogP contribution in [0.25, 0.3) is 11.1 Å². The van der Waals surface area contributed by atoms with E-state index in [2.05, 4.69) is 23.5 Å². The van der Waals surface area contributed by atoms with Gasteiger partial charge in [-0.25, -0.2) is 4.79 Å². The maximum Gasteiger partial charge on any atom is 0.341 e. The normalized spacial score (nSPS) is 12.7. The highest BCUT2D eigenvalue weighted by atomic mass is 32.1. The van der Waals surface area contributed by atoms with E-state index in [1.54, 1.807) is 6.92 Å². The summed E-state index contributed by atoms with van der Waals surface area (Å²) in [5.41, 5.74) is 6.73. The summed E-state index contributed by atoms with van der Waals surface area (Å²) in [7, 11) is 0. The molecule has 0 unspecified atom stereocenters. The Kier molecular flexibility index (Phi) is 7.28. The smallest absolute Gasteiger partial charge is 0.341 e. The summed E-state index contributed by atoms with van der Waals surface area (Å²) in [5.74, 6) is -1.11. The van der Waals surface area contributed by atoms with Crippen LogP contribution in [0.1, 0.15) is 58.3 Å². The quantitative estimate of drug-likeness (QED) is 0.275. The van der Waals surface area contributed by atoms with Gasteiger partial charge in [0, 0.05) is 10.9 Å². The Morgan fingerprint density at radius 1 is 0.889 bits per heavy atom. The van der Waals surface area contributed by atoms with Gasteiger partial charge in [-0.3, -0.25) is 4.79 Å². The van der Waals surface area contributed by atoms with Gasteiger partial charge in [0.1, 0.15) is 10.6 Å². The number of carbonyl (C=O) groups excluding carboxylic acids is 2. The van der Waals surface area contributed by atoms with E-state index in [4.69, 9.17) is 4.74 Å². The van der Waals surface area contributed by atoms with E-state index in [0.717, 1.165) is 35.1 Å². The van der Waals surface area contributed by atoms with E-state index in [9.17, 15) is 9.59 Å². The number of hydrogen-bond donors (Lipinski definition) is 1. The van der Waals surface area contributed by atoms with Crippen LogP contribution in [0.4, 0.5) is 5.00 Å². The molecule has 0 bridgehead atoms. The Labute approximate surface area is 216 Å². The number of ether oxygens (including phenoxy) is 1. The molecule has 5 heteroatoms. The molecule has 1 aromatic heterocycles. The average molecular weight is 496 g/mol. The zero-order valence-electron chi connectivity index (χ0n) is 20.3. The second kappa shape index (κ2) is 10.9. The van der Waals surface area contributed by atoms with Crippen LogP contribution in [0.15, 0.2) is 84.2 Å². The second-order valence-corrected chi connectivity index (χ2v) is 9.89. The molecule has 0 aliphatic heterocycles. The highest BCUT2D eigenvalue weighted by Gasteiger charge is 2.28. The molecule has 5 rings (SSSR count). The van der Waals surface area contributed by atoms with Crippen molar-refractivity contribution in [3.05, 3.63) is 112 Å². The molecule has 4 aromatic rings.